The third-order valence-corrected chi connectivity index (χ3v) is 7.16. The highest BCUT2D eigenvalue weighted by atomic mass is 35.5. The number of carbonyl (C=O) groups is 1. The molecule has 0 aliphatic carbocycles. The van der Waals surface area contributed by atoms with Crippen LogP contribution >= 0.6 is 11.6 Å². The Hall–Kier alpha value is -2.16. The van der Waals surface area contributed by atoms with Crippen molar-refractivity contribution in [1.82, 2.24) is 4.31 Å². The van der Waals surface area contributed by atoms with Gasteiger partial charge in [0.15, 0.2) is 0 Å². The molecular formula is C21H24ClFN2O4S. The third-order valence-electron chi connectivity index (χ3n) is 5.04. The molecule has 1 saturated heterocycles. The second kappa shape index (κ2) is 9.32. The molecule has 1 heterocycles. The predicted molar refractivity (Wildman–Crippen MR) is 114 cm³/mol. The van der Waals surface area contributed by atoms with E-state index in [9.17, 15) is 17.6 Å². The van der Waals surface area contributed by atoms with Crippen molar-refractivity contribution in [1.29, 1.82) is 0 Å². The Morgan fingerprint density at radius 1 is 1.30 bits per heavy atom. The van der Waals surface area contributed by atoms with E-state index in [2.05, 4.69) is 5.32 Å². The molecule has 2 aromatic rings. The lowest BCUT2D eigenvalue weighted by molar-refractivity contribution is -0.120. The summed E-state index contributed by atoms with van der Waals surface area (Å²) in [6.45, 7) is 4.16. The molecule has 0 saturated carbocycles. The van der Waals surface area contributed by atoms with Crippen LogP contribution in [0.4, 0.5) is 10.1 Å². The largest absolute Gasteiger partial charge is 0.492 e. The average Bonchev–Trinajstić information content (AvgIpc) is 2.72. The minimum atomic E-state index is -3.91. The van der Waals surface area contributed by atoms with Gasteiger partial charge in [0.1, 0.15) is 16.5 Å². The molecule has 1 aliphatic rings. The second-order valence-electron chi connectivity index (χ2n) is 7.17. The van der Waals surface area contributed by atoms with Crippen LogP contribution in [0.2, 0.25) is 5.02 Å². The SMILES string of the molecule is CCOc1ccc(Cl)cc1S(=O)(=O)N1CCC[C@@H](C(=O)Nc2cc(F)ccc2C)C1. The number of rotatable bonds is 6. The van der Waals surface area contributed by atoms with Crippen molar-refractivity contribution in [2.45, 2.75) is 31.6 Å². The number of nitrogens with zero attached hydrogens (tertiary/aromatic N) is 1. The first-order chi connectivity index (χ1) is 14.2. The first-order valence-electron chi connectivity index (χ1n) is 9.72. The summed E-state index contributed by atoms with van der Waals surface area (Å²) in [5.74, 6) is -1.11. The molecular weight excluding hydrogens is 431 g/mol. The number of anilines is 1. The van der Waals surface area contributed by atoms with E-state index in [4.69, 9.17) is 16.3 Å². The Morgan fingerprint density at radius 2 is 2.07 bits per heavy atom. The van der Waals surface area contributed by atoms with Gasteiger partial charge in [0.25, 0.3) is 0 Å². The van der Waals surface area contributed by atoms with Crippen LogP contribution < -0.4 is 10.1 Å². The van der Waals surface area contributed by atoms with E-state index in [1.54, 1.807) is 26.0 Å². The third kappa shape index (κ3) is 4.94. The fourth-order valence-corrected chi connectivity index (χ4v) is 5.35. The molecule has 30 heavy (non-hydrogen) atoms. The van der Waals surface area contributed by atoms with Gasteiger partial charge in [-0.1, -0.05) is 17.7 Å². The van der Waals surface area contributed by atoms with Crippen molar-refractivity contribution in [3.8, 4) is 5.75 Å². The Bertz CT molecular complexity index is 1050. The predicted octanol–water partition coefficient (Wildman–Crippen LogP) is 4.23. The van der Waals surface area contributed by atoms with E-state index in [1.807, 2.05) is 0 Å². The van der Waals surface area contributed by atoms with E-state index in [0.29, 0.717) is 31.7 Å². The van der Waals surface area contributed by atoms with Crippen molar-refractivity contribution >= 4 is 33.2 Å². The van der Waals surface area contributed by atoms with Crippen LogP contribution in [0, 0.1) is 18.7 Å². The van der Waals surface area contributed by atoms with Crippen LogP contribution in [-0.2, 0) is 14.8 Å². The van der Waals surface area contributed by atoms with Gasteiger partial charge in [-0.15, -0.1) is 0 Å². The van der Waals surface area contributed by atoms with Crippen molar-refractivity contribution in [2.24, 2.45) is 5.92 Å². The first-order valence-corrected chi connectivity index (χ1v) is 11.5. The molecule has 1 N–H and O–H groups in total. The number of amides is 1. The summed E-state index contributed by atoms with van der Waals surface area (Å²) in [4.78, 5) is 12.7. The van der Waals surface area contributed by atoms with Crippen LogP contribution in [0.3, 0.4) is 0 Å². The monoisotopic (exact) mass is 454 g/mol. The number of nitrogens with one attached hydrogen (secondary N) is 1. The lowest BCUT2D eigenvalue weighted by Crippen LogP contribution is -2.43. The minimum absolute atomic E-state index is 0.0149. The Kier molecular flexibility index (Phi) is 7.00. The summed E-state index contributed by atoms with van der Waals surface area (Å²) in [5.41, 5.74) is 1.11. The van der Waals surface area contributed by atoms with Crippen molar-refractivity contribution in [2.75, 3.05) is 25.0 Å². The first kappa shape index (κ1) is 22.5. The second-order valence-corrected chi connectivity index (χ2v) is 9.52. The summed E-state index contributed by atoms with van der Waals surface area (Å²) in [6.07, 6.45) is 1.07. The summed E-state index contributed by atoms with van der Waals surface area (Å²) in [6, 6.07) is 8.61. The number of ether oxygens (including phenoxy) is 1. The van der Waals surface area contributed by atoms with Crippen LogP contribution in [0.5, 0.6) is 5.75 Å². The molecule has 0 unspecified atom stereocenters. The van der Waals surface area contributed by atoms with E-state index in [-0.39, 0.29) is 28.1 Å². The van der Waals surface area contributed by atoms with E-state index in [1.165, 1.54) is 28.6 Å². The van der Waals surface area contributed by atoms with Gasteiger partial charge < -0.3 is 10.1 Å². The molecule has 1 fully saturated rings. The molecule has 162 valence electrons. The Balaban J connectivity index is 1.81. The molecule has 3 rings (SSSR count). The van der Waals surface area contributed by atoms with Gasteiger partial charge in [0.2, 0.25) is 15.9 Å². The van der Waals surface area contributed by atoms with Crippen LogP contribution in [-0.4, -0.2) is 38.3 Å². The summed E-state index contributed by atoms with van der Waals surface area (Å²) >= 11 is 6.03. The summed E-state index contributed by atoms with van der Waals surface area (Å²) in [5, 5.41) is 3.01. The molecule has 9 heteroatoms. The van der Waals surface area contributed by atoms with E-state index in [0.717, 1.165) is 5.56 Å². The summed E-state index contributed by atoms with van der Waals surface area (Å²) < 4.78 is 46.8. The van der Waals surface area contributed by atoms with Crippen LogP contribution in [0.25, 0.3) is 0 Å². The van der Waals surface area contributed by atoms with Gasteiger partial charge in [-0.3, -0.25) is 4.79 Å². The maximum atomic E-state index is 13.5. The van der Waals surface area contributed by atoms with Crippen molar-refractivity contribution in [3.05, 3.63) is 52.8 Å². The molecule has 0 aromatic heterocycles. The maximum Gasteiger partial charge on any atom is 0.246 e. The van der Waals surface area contributed by atoms with Gasteiger partial charge in [-0.25, -0.2) is 12.8 Å². The number of carbonyl (C=O) groups excluding carboxylic acids is 1. The van der Waals surface area contributed by atoms with Gasteiger partial charge in [0.05, 0.1) is 12.5 Å². The molecule has 1 atom stereocenters. The van der Waals surface area contributed by atoms with Crippen LogP contribution in [0.1, 0.15) is 25.3 Å². The normalized spacial score (nSPS) is 17.5. The van der Waals surface area contributed by atoms with Gasteiger partial charge in [-0.2, -0.15) is 4.31 Å². The maximum absolute atomic E-state index is 13.5. The number of hydrogen-bond donors (Lipinski definition) is 1. The lowest BCUT2D eigenvalue weighted by atomic mass is 9.98. The summed E-state index contributed by atoms with van der Waals surface area (Å²) in [7, 11) is -3.91. The highest BCUT2D eigenvalue weighted by Gasteiger charge is 2.35. The molecule has 6 nitrogen and oxygen atoms in total. The minimum Gasteiger partial charge on any atom is -0.492 e. The molecule has 2 aromatic carbocycles. The standard InChI is InChI=1S/C21H24ClFN2O4S/c1-3-29-19-9-7-16(22)11-20(19)30(27,28)25-10-4-5-15(13-25)21(26)24-18-12-17(23)8-6-14(18)2/h6-9,11-12,15H,3-5,10,13H2,1-2H3,(H,24,26)/t15-/m1/s1. The topological polar surface area (TPSA) is 75.7 Å². The zero-order valence-corrected chi connectivity index (χ0v) is 18.4. The molecule has 0 bridgehead atoms. The molecule has 0 spiro atoms. The average molecular weight is 455 g/mol. The number of benzene rings is 2. The number of halogens is 2. The number of sulfonamides is 1. The van der Waals surface area contributed by atoms with Gasteiger partial charge in [0, 0.05) is 23.8 Å². The van der Waals surface area contributed by atoms with Crippen LogP contribution in [0.15, 0.2) is 41.3 Å². The van der Waals surface area contributed by atoms with E-state index < -0.39 is 21.8 Å². The zero-order valence-electron chi connectivity index (χ0n) is 16.8. The molecule has 1 aliphatic heterocycles. The zero-order chi connectivity index (χ0) is 21.9. The molecule has 1 amide bonds. The number of aryl methyl sites for hydroxylation is 1. The number of hydrogen-bond acceptors (Lipinski definition) is 4. The Labute approximate surface area is 181 Å². The Morgan fingerprint density at radius 3 is 2.80 bits per heavy atom. The quantitative estimate of drug-likeness (QED) is 0.708. The van der Waals surface area contributed by atoms with Gasteiger partial charge in [-0.05, 0) is 62.6 Å². The molecule has 0 radical (unpaired) electrons. The highest BCUT2D eigenvalue weighted by molar-refractivity contribution is 7.89. The number of piperidine rings is 1. The smallest absolute Gasteiger partial charge is 0.246 e. The van der Waals surface area contributed by atoms with E-state index >= 15 is 0 Å². The van der Waals surface area contributed by atoms with Crippen molar-refractivity contribution < 1.29 is 22.3 Å². The lowest BCUT2D eigenvalue weighted by Gasteiger charge is -2.31. The van der Waals surface area contributed by atoms with Crippen molar-refractivity contribution in [3.63, 3.8) is 0 Å². The van der Waals surface area contributed by atoms with Gasteiger partial charge >= 0.3 is 0 Å². The highest BCUT2D eigenvalue weighted by Crippen LogP contribution is 2.32. The fraction of sp³-hybridized carbons (Fsp3) is 0.381. The fourth-order valence-electron chi connectivity index (χ4n) is 3.44.